The molecule has 0 radical (unpaired) electrons. The first-order valence-electron chi connectivity index (χ1n) is 13.3. The summed E-state index contributed by atoms with van der Waals surface area (Å²) >= 11 is 0. The number of hydrogen-bond acceptors (Lipinski definition) is 5. The smallest absolute Gasteiger partial charge is 0.243 e. The number of nitrogens with zero attached hydrogens (tertiary/aromatic N) is 2. The van der Waals surface area contributed by atoms with Crippen LogP contribution in [-0.2, 0) is 28.4 Å². The lowest BCUT2D eigenvalue weighted by atomic mass is 9.56. The van der Waals surface area contributed by atoms with Gasteiger partial charge in [-0.2, -0.15) is 4.31 Å². The Kier molecular flexibility index (Phi) is 5.48. The average molecular weight is 529 g/mol. The normalized spacial score (nSPS) is 27.4. The molecule has 0 amide bonds. The largest absolute Gasteiger partial charge is 0.493 e. The van der Waals surface area contributed by atoms with Crippen molar-refractivity contribution in [1.82, 2.24) is 9.21 Å². The molecule has 1 saturated heterocycles. The first-order chi connectivity index (χ1) is 18.4. The standard InChI is InChI=1S/C31H32N2O4S/c1-32(20-21-9-5-3-6-10-21)25-15-14-24-26-19-22-13-16-27(36-2)29-28(22)31(24,30(25)37-29)17-18-33(26)38(34,35)23-11-7-4-8-12-23/h3-14,16,25-26,30H,15,17-20H2,1-2H3/t25-,26?,30+,31+/m1/s1. The van der Waals surface area contributed by atoms with E-state index in [1.165, 1.54) is 22.3 Å². The van der Waals surface area contributed by atoms with Gasteiger partial charge in [0.2, 0.25) is 10.0 Å². The number of likely N-dealkylation sites (N-methyl/N-ethyl adjacent to an activating group) is 1. The van der Waals surface area contributed by atoms with Gasteiger partial charge in [0.1, 0.15) is 6.10 Å². The van der Waals surface area contributed by atoms with E-state index >= 15 is 0 Å². The van der Waals surface area contributed by atoms with Crippen LogP contribution in [-0.4, -0.2) is 56.5 Å². The van der Waals surface area contributed by atoms with Gasteiger partial charge >= 0.3 is 0 Å². The first kappa shape index (κ1) is 23.9. The number of methoxy groups -OCH3 is 1. The van der Waals surface area contributed by atoms with Gasteiger partial charge in [0.05, 0.1) is 29.5 Å². The molecule has 1 fully saturated rings. The number of hydrogen-bond donors (Lipinski definition) is 0. The van der Waals surface area contributed by atoms with E-state index in [-0.39, 0.29) is 23.6 Å². The van der Waals surface area contributed by atoms with Crippen LogP contribution in [0.5, 0.6) is 11.5 Å². The quantitative estimate of drug-likeness (QED) is 0.440. The number of benzene rings is 3. The van der Waals surface area contributed by atoms with Gasteiger partial charge in [-0.05, 0) is 61.2 Å². The Morgan fingerprint density at radius 1 is 1.05 bits per heavy atom. The number of ether oxygens (including phenoxy) is 2. The van der Waals surface area contributed by atoms with Crippen molar-refractivity contribution in [2.24, 2.45) is 0 Å². The second-order valence-electron chi connectivity index (χ2n) is 10.9. The first-order valence-corrected chi connectivity index (χ1v) is 14.8. The highest BCUT2D eigenvalue weighted by atomic mass is 32.2. The monoisotopic (exact) mass is 528 g/mol. The second kappa shape index (κ2) is 8.70. The summed E-state index contributed by atoms with van der Waals surface area (Å²) in [6, 6.07) is 23.4. The summed E-state index contributed by atoms with van der Waals surface area (Å²) in [6.07, 6.45) is 4.38. The van der Waals surface area contributed by atoms with E-state index in [1.54, 1.807) is 35.7 Å². The summed E-state index contributed by atoms with van der Waals surface area (Å²) in [5, 5.41) is 0. The molecule has 38 heavy (non-hydrogen) atoms. The van der Waals surface area contributed by atoms with Crippen LogP contribution in [0.1, 0.15) is 29.5 Å². The van der Waals surface area contributed by atoms with E-state index in [0.717, 1.165) is 24.5 Å². The van der Waals surface area contributed by atoms with Crippen LogP contribution in [0.15, 0.2) is 89.3 Å². The van der Waals surface area contributed by atoms with Crippen LogP contribution < -0.4 is 9.47 Å². The minimum atomic E-state index is -3.64. The molecule has 0 aromatic heterocycles. The van der Waals surface area contributed by atoms with Crippen molar-refractivity contribution >= 4 is 10.0 Å². The Hall–Kier alpha value is -3.13. The summed E-state index contributed by atoms with van der Waals surface area (Å²) in [7, 11) is 0.229. The summed E-state index contributed by atoms with van der Waals surface area (Å²) in [6.45, 7) is 1.28. The number of piperidine rings is 1. The fraction of sp³-hybridized carbons (Fsp3) is 0.355. The molecule has 2 aliphatic heterocycles. The van der Waals surface area contributed by atoms with Gasteiger partial charge in [-0.3, -0.25) is 4.90 Å². The van der Waals surface area contributed by atoms with E-state index in [2.05, 4.69) is 48.4 Å². The second-order valence-corrected chi connectivity index (χ2v) is 12.8. The molecule has 2 bridgehead atoms. The van der Waals surface area contributed by atoms with E-state index < -0.39 is 10.0 Å². The maximum Gasteiger partial charge on any atom is 0.243 e. The molecule has 196 valence electrons. The molecular weight excluding hydrogens is 496 g/mol. The third-order valence-electron chi connectivity index (χ3n) is 9.09. The molecule has 4 atom stereocenters. The number of sulfonamides is 1. The van der Waals surface area contributed by atoms with Crippen LogP contribution in [0.25, 0.3) is 0 Å². The molecule has 7 heteroatoms. The lowest BCUT2D eigenvalue weighted by molar-refractivity contribution is 0.0248. The predicted octanol–water partition coefficient (Wildman–Crippen LogP) is 4.54. The lowest BCUT2D eigenvalue weighted by Crippen LogP contribution is -2.64. The maximum absolute atomic E-state index is 13.9. The van der Waals surface area contributed by atoms with E-state index in [9.17, 15) is 8.42 Å². The van der Waals surface area contributed by atoms with Gasteiger partial charge in [0.15, 0.2) is 11.5 Å². The number of rotatable bonds is 6. The SMILES string of the molecule is COc1ccc2c3c1O[C@H]1[C@H](N(C)Cc4ccccc4)CC=C4C(C2)N(S(=O)(=O)c2ccccc2)CC[C@]431. The zero-order valence-electron chi connectivity index (χ0n) is 21.7. The Morgan fingerprint density at radius 3 is 2.53 bits per heavy atom. The highest BCUT2D eigenvalue weighted by molar-refractivity contribution is 7.89. The summed E-state index contributed by atoms with van der Waals surface area (Å²) in [5.74, 6) is 1.60. The van der Waals surface area contributed by atoms with Crippen LogP contribution in [0.2, 0.25) is 0 Å². The minimum absolute atomic E-state index is 0.106. The van der Waals surface area contributed by atoms with Crippen molar-refractivity contribution in [3.05, 3.63) is 101 Å². The van der Waals surface area contributed by atoms with Crippen LogP contribution in [0.4, 0.5) is 0 Å². The van der Waals surface area contributed by atoms with Gasteiger partial charge in [0, 0.05) is 18.7 Å². The highest BCUT2D eigenvalue weighted by Gasteiger charge is 2.64. The Morgan fingerprint density at radius 2 is 1.79 bits per heavy atom. The predicted molar refractivity (Wildman–Crippen MR) is 146 cm³/mol. The van der Waals surface area contributed by atoms with Crippen molar-refractivity contribution in [3.63, 3.8) is 0 Å². The summed E-state index contributed by atoms with van der Waals surface area (Å²) in [5.41, 5.74) is 4.51. The zero-order valence-corrected chi connectivity index (χ0v) is 22.5. The highest BCUT2D eigenvalue weighted by Crippen LogP contribution is 2.63. The van der Waals surface area contributed by atoms with Crippen LogP contribution in [0.3, 0.4) is 0 Å². The van der Waals surface area contributed by atoms with E-state index in [0.29, 0.717) is 24.3 Å². The molecule has 1 unspecified atom stereocenters. The molecule has 3 aromatic rings. The molecule has 3 aromatic carbocycles. The Labute approximate surface area is 224 Å². The van der Waals surface area contributed by atoms with Gasteiger partial charge in [-0.1, -0.05) is 60.7 Å². The molecular formula is C31H32N2O4S. The van der Waals surface area contributed by atoms with Crippen molar-refractivity contribution in [3.8, 4) is 11.5 Å². The fourth-order valence-electron chi connectivity index (χ4n) is 7.46. The van der Waals surface area contributed by atoms with Gasteiger partial charge in [-0.25, -0.2) is 8.42 Å². The zero-order chi connectivity index (χ0) is 26.1. The van der Waals surface area contributed by atoms with Crippen molar-refractivity contribution in [1.29, 1.82) is 0 Å². The molecule has 2 aliphatic carbocycles. The van der Waals surface area contributed by atoms with Gasteiger partial charge < -0.3 is 9.47 Å². The van der Waals surface area contributed by atoms with Gasteiger partial charge in [0.25, 0.3) is 0 Å². The lowest BCUT2D eigenvalue weighted by Gasteiger charge is -2.55. The molecule has 2 heterocycles. The Balaban J connectivity index is 1.34. The fourth-order valence-corrected chi connectivity index (χ4v) is 9.08. The van der Waals surface area contributed by atoms with Crippen molar-refractivity contribution in [2.75, 3.05) is 20.7 Å². The Bertz CT molecular complexity index is 1520. The van der Waals surface area contributed by atoms with E-state index in [4.69, 9.17) is 9.47 Å². The molecule has 7 rings (SSSR count). The van der Waals surface area contributed by atoms with Crippen molar-refractivity contribution in [2.45, 2.75) is 54.3 Å². The third kappa shape index (κ3) is 3.28. The minimum Gasteiger partial charge on any atom is -0.493 e. The van der Waals surface area contributed by atoms with E-state index in [1.807, 2.05) is 18.2 Å². The molecule has 6 nitrogen and oxygen atoms in total. The molecule has 0 saturated carbocycles. The van der Waals surface area contributed by atoms with Crippen LogP contribution >= 0.6 is 0 Å². The topological polar surface area (TPSA) is 59.1 Å². The summed E-state index contributed by atoms with van der Waals surface area (Å²) in [4.78, 5) is 2.75. The maximum atomic E-state index is 13.9. The van der Waals surface area contributed by atoms with Gasteiger partial charge in [-0.15, -0.1) is 0 Å². The molecule has 1 spiro atoms. The van der Waals surface area contributed by atoms with Crippen LogP contribution in [0, 0.1) is 0 Å². The summed E-state index contributed by atoms with van der Waals surface area (Å²) < 4.78 is 42.2. The van der Waals surface area contributed by atoms with Crippen molar-refractivity contribution < 1.29 is 17.9 Å². The third-order valence-corrected chi connectivity index (χ3v) is 11.0. The molecule has 0 N–H and O–H groups in total. The molecule has 4 aliphatic rings. The average Bonchev–Trinajstić information content (AvgIpc) is 3.28.